The highest BCUT2D eigenvalue weighted by atomic mass is 16.3. The van der Waals surface area contributed by atoms with Crippen LogP contribution in [0, 0.1) is 5.92 Å². The molecule has 0 spiro atoms. The number of aliphatic hydroxyl groups is 2. The van der Waals surface area contributed by atoms with Gasteiger partial charge < -0.3 is 10.2 Å². The third-order valence-electron chi connectivity index (χ3n) is 3.54. The monoisotopic (exact) mass is 240 g/mol. The number of nitrogens with zero attached hydrogens (tertiary/aromatic N) is 2. The molecule has 2 unspecified atom stereocenters. The lowest BCUT2D eigenvalue weighted by Crippen LogP contribution is -2.33. The molecule has 0 amide bonds. The number of hydrogen-bond acceptors (Lipinski definition) is 3. The van der Waals surface area contributed by atoms with Gasteiger partial charge in [-0.15, -0.1) is 0 Å². The van der Waals surface area contributed by atoms with Crippen LogP contribution in [0.4, 0.5) is 0 Å². The first-order valence-corrected chi connectivity index (χ1v) is 6.43. The average molecular weight is 240 g/mol. The summed E-state index contributed by atoms with van der Waals surface area (Å²) < 4.78 is 1.80. The van der Waals surface area contributed by atoms with Crippen molar-refractivity contribution in [2.75, 3.05) is 0 Å². The fourth-order valence-corrected chi connectivity index (χ4v) is 2.20. The van der Waals surface area contributed by atoms with Gasteiger partial charge in [0.2, 0.25) is 0 Å². The van der Waals surface area contributed by atoms with Gasteiger partial charge in [-0.05, 0) is 24.8 Å². The van der Waals surface area contributed by atoms with E-state index in [0.717, 1.165) is 25.0 Å². The summed E-state index contributed by atoms with van der Waals surface area (Å²) in [5.74, 6) is 0.191. The maximum Gasteiger partial charge on any atom is 0.0827 e. The Morgan fingerprint density at radius 1 is 1.29 bits per heavy atom. The molecule has 0 saturated heterocycles. The Morgan fingerprint density at radius 3 is 2.41 bits per heavy atom. The summed E-state index contributed by atoms with van der Waals surface area (Å²) in [6.07, 6.45) is 3.62. The second-order valence-corrected chi connectivity index (χ2v) is 4.62. The van der Waals surface area contributed by atoms with Crippen molar-refractivity contribution in [3.63, 3.8) is 0 Å². The topological polar surface area (TPSA) is 58.3 Å². The first-order chi connectivity index (χ1) is 8.10. The third kappa shape index (κ3) is 3.82. The molecule has 1 heterocycles. The Kier molecular flexibility index (Phi) is 5.65. The van der Waals surface area contributed by atoms with Gasteiger partial charge in [0.1, 0.15) is 0 Å². The lowest BCUT2D eigenvalue weighted by Gasteiger charge is -2.25. The van der Waals surface area contributed by atoms with Crippen LogP contribution in [0.2, 0.25) is 0 Å². The molecule has 0 fully saturated rings. The molecule has 17 heavy (non-hydrogen) atoms. The van der Waals surface area contributed by atoms with Crippen LogP contribution < -0.4 is 0 Å². The molecule has 1 rings (SSSR count). The largest absolute Gasteiger partial charge is 0.390 e. The second-order valence-electron chi connectivity index (χ2n) is 4.62. The van der Waals surface area contributed by atoms with Gasteiger partial charge in [0.05, 0.1) is 12.2 Å². The number of aromatic nitrogens is 2. The first kappa shape index (κ1) is 14.2. The van der Waals surface area contributed by atoms with Crippen LogP contribution >= 0.6 is 0 Å². The summed E-state index contributed by atoms with van der Waals surface area (Å²) >= 11 is 0. The van der Waals surface area contributed by atoms with E-state index in [1.165, 1.54) is 0 Å². The molecule has 0 aliphatic rings. The lowest BCUT2D eigenvalue weighted by atomic mass is 9.91. The molecule has 1 aromatic rings. The highest BCUT2D eigenvalue weighted by Gasteiger charge is 2.23. The molecule has 0 aliphatic carbocycles. The van der Waals surface area contributed by atoms with Gasteiger partial charge in [-0.2, -0.15) is 5.10 Å². The molecule has 0 bridgehead atoms. The van der Waals surface area contributed by atoms with Crippen molar-refractivity contribution in [2.45, 2.75) is 51.7 Å². The van der Waals surface area contributed by atoms with Crippen molar-refractivity contribution in [3.8, 4) is 0 Å². The van der Waals surface area contributed by atoms with E-state index in [4.69, 9.17) is 0 Å². The quantitative estimate of drug-likeness (QED) is 0.759. The minimum absolute atomic E-state index is 0.191. The number of aryl methyl sites for hydroxylation is 2. The fraction of sp³-hybridized carbons (Fsp3) is 0.769. The van der Waals surface area contributed by atoms with E-state index >= 15 is 0 Å². The zero-order valence-electron chi connectivity index (χ0n) is 11.0. The minimum Gasteiger partial charge on any atom is -0.390 e. The Morgan fingerprint density at radius 2 is 1.94 bits per heavy atom. The van der Waals surface area contributed by atoms with Crippen molar-refractivity contribution in [1.82, 2.24) is 9.78 Å². The lowest BCUT2D eigenvalue weighted by molar-refractivity contribution is -0.0231. The first-order valence-electron chi connectivity index (χ1n) is 6.43. The Labute approximate surface area is 103 Å². The summed E-state index contributed by atoms with van der Waals surface area (Å²) in [6, 6.07) is 1.94. The van der Waals surface area contributed by atoms with Crippen LogP contribution in [0.15, 0.2) is 12.3 Å². The van der Waals surface area contributed by atoms with Gasteiger partial charge in [-0.3, -0.25) is 4.68 Å². The third-order valence-corrected chi connectivity index (χ3v) is 3.54. The Balaban J connectivity index is 2.43. The highest BCUT2D eigenvalue weighted by molar-refractivity contribution is 5.00. The molecule has 2 N–H and O–H groups in total. The van der Waals surface area contributed by atoms with Crippen molar-refractivity contribution in [3.05, 3.63) is 18.0 Å². The van der Waals surface area contributed by atoms with E-state index in [-0.39, 0.29) is 5.92 Å². The average Bonchev–Trinajstić information content (AvgIpc) is 2.73. The maximum absolute atomic E-state index is 10.0. The van der Waals surface area contributed by atoms with Crippen LogP contribution in [0.3, 0.4) is 0 Å². The Hall–Kier alpha value is -0.870. The number of rotatable bonds is 7. The van der Waals surface area contributed by atoms with Crippen LogP contribution in [0.5, 0.6) is 0 Å². The van der Waals surface area contributed by atoms with E-state index in [1.54, 1.807) is 10.9 Å². The summed E-state index contributed by atoms with van der Waals surface area (Å²) in [5, 5.41) is 24.0. The van der Waals surface area contributed by atoms with Crippen LogP contribution in [0.1, 0.15) is 38.8 Å². The predicted octanol–water partition coefficient (Wildman–Crippen LogP) is 1.51. The standard InChI is InChI=1S/C13H24N2O2/c1-4-10(5-2)13(17)12(16)7-6-11-8-9-14-15(11)3/h8-10,12-13,16-17H,4-7H2,1-3H3. The van der Waals surface area contributed by atoms with E-state index in [9.17, 15) is 10.2 Å². The molecular formula is C13H24N2O2. The summed E-state index contributed by atoms with van der Waals surface area (Å²) in [4.78, 5) is 0. The molecule has 2 atom stereocenters. The molecule has 98 valence electrons. The van der Waals surface area contributed by atoms with E-state index in [1.807, 2.05) is 27.0 Å². The second kappa shape index (κ2) is 6.77. The zero-order valence-corrected chi connectivity index (χ0v) is 11.0. The van der Waals surface area contributed by atoms with Gasteiger partial charge in [-0.1, -0.05) is 26.7 Å². The van der Waals surface area contributed by atoms with Gasteiger partial charge in [0.15, 0.2) is 0 Å². The zero-order chi connectivity index (χ0) is 12.8. The molecule has 4 heteroatoms. The van der Waals surface area contributed by atoms with Crippen LogP contribution in [-0.4, -0.2) is 32.2 Å². The molecular weight excluding hydrogens is 216 g/mol. The van der Waals surface area contributed by atoms with E-state index in [2.05, 4.69) is 5.10 Å². The van der Waals surface area contributed by atoms with Crippen molar-refractivity contribution >= 4 is 0 Å². The summed E-state index contributed by atoms with van der Waals surface area (Å²) in [6.45, 7) is 4.09. The summed E-state index contributed by atoms with van der Waals surface area (Å²) in [7, 11) is 1.89. The predicted molar refractivity (Wildman–Crippen MR) is 67.6 cm³/mol. The molecule has 0 aliphatic heterocycles. The minimum atomic E-state index is -0.644. The summed E-state index contributed by atoms with van der Waals surface area (Å²) in [5.41, 5.74) is 1.08. The number of hydrogen-bond donors (Lipinski definition) is 2. The normalized spacial score (nSPS) is 15.2. The maximum atomic E-state index is 10.0. The van der Waals surface area contributed by atoms with Crippen molar-refractivity contribution in [2.24, 2.45) is 13.0 Å². The molecule has 0 radical (unpaired) electrons. The Bertz CT molecular complexity index is 321. The van der Waals surface area contributed by atoms with Crippen LogP contribution in [0.25, 0.3) is 0 Å². The molecule has 0 aromatic carbocycles. The van der Waals surface area contributed by atoms with Crippen molar-refractivity contribution < 1.29 is 10.2 Å². The van der Waals surface area contributed by atoms with E-state index in [0.29, 0.717) is 6.42 Å². The van der Waals surface area contributed by atoms with Crippen LogP contribution in [-0.2, 0) is 13.5 Å². The van der Waals surface area contributed by atoms with Crippen molar-refractivity contribution in [1.29, 1.82) is 0 Å². The van der Waals surface area contributed by atoms with E-state index < -0.39 is 12.2 Å². The molecule has 4 nitrogen and oxygen atoms in total. The van der Waals surface area contributed by atoms with Gasteiger partial charge >= 0.3 is 0 Å². The molecule has 0 saturated carbocycles. The fourth-order valence-electron chi connectivity index (χ4n) is 2.20. The van der Waals surface area contributed by atoms with Gasteiger partial charge in [0, 0.05) is 18.9 Å². The SMILES string of the molecule is CCC(CC)C(O)C(O)CCc1ccnn1C. The smallest absolute Gasteiger partial charge is 0.0827 e. The number of aliphatic hydroxyl groups excluding tert-OH is 2. The van der Waals surface area contributed by atoms with Gasteiger partial charge in [0.25, 0.3) is 0 Å². The highest BCUT2D eigenvalue weighted by Crippen LogP contribution is 2.18. The van der Waals surface area contributed by atoms with Gasteiger partial charge in [-0.25, -0.2) is 0 Å². The molecule has 1 aromatic heterocycles.